The van der Waals surface area contributed by atoms with Crippen LogP contribution in [0.1, 0.15) is 23.1 Å². The van der Waals surface area contributed by atoms with Crippen LogP contribution in [-0.4, -0.2) is 39.5 Å². The number of hydrogen-bond acceptors (Lipinski definition) is 5. The summed E-state index contributed by atoms with van der Waals surface area (Å²) in [5, 5.41) is 0. The van der Waals surface area contributed by atoms with E-state index in [9.17, 15) is 0 Å². The highest BCUT2D eigenvalue weighted by atomic mass is 16.5. The SMILES string of the molecule is Cc1nc2ccccc2nc1CN1CCOC(c2cccnc2)C1. The Morgan fingerprint density at radius 1 is 1.12 bits per heavy atom. The molecule has 0 N–H and O–H groups in total. The topological polar surface area (TPSA) is 51.1 Å². The molecule has 1 unspecified atom stereocenters. The molecule has 0 amide bonds. The molecule has 0 aliphatic carbocycles. The van der Waals surface area contributed by atoms with Crippen LogP contribution < -0.4 is 0 Å². The highest BCUT2D eigenvalue weighted by molar-refractivity contribution is 5.74. The maximum absolute atomic E-state index is 5.91. The molecular weight excluding hydrogens is 300 g/mol. The predicted molar refractivity (Wildman–Crippen MR) is 92.5 cm³/mol. The van der Waals surface area contributed by atoms with Gasteiger partial charge in [-0.05, 0) is 25.1 Å². The molecule has 1 aliphatic heterocycles. The van der Waals surface area contributed by atoms with Crippen molar-refractivity contribution in [2.24, 2.45) is 0 Å². The van der Waals surface area contributed by atoms with Gasteiger partial charge >= 0.3 is 0 Å². The minimum atomic E-state index is 0.0705. The van der Waals surface area contributed by atoms with E-state index < -0.39 is 0 Å². The van der Waals surface area contributed by atoms with Crippen LogP contribution in [0, 0.1) is 6.92 Å². The van der Waals surface area contributed by atoms with Gasteiger partial charge in [-0.15, -0.1) is 0 Å². The Bertz CT molecular complexity index is 837. The zero-order chi connectivity index (χ0) is 16.4. The van der Waals surface area contributed by atoms with Gasteiger partial charge < -0.3 is 4.74 Å². The molecule has 1 atom stereocenters. The average molecular weight is 320 g/mol. The van der Waals surface area contributed by atoms with Gasteiger partial charge in [-0.3, -0.25) is 9.88 Å². The highest BCUT2D eigenvalue weighted by Crippen LogP contribution is 2.23. The molecule has 0 radical (unpaired) electrons. The van der Waals surface area contributed by atoms with Crippen LogP contribution in [0.15, 0.2) is 48.8 Å². The summed E-state index contributed by atoms with van der Waals surface area (Å²) in [4.78, 5) is 16.1. The van der Waals surface area contributed by atoms with E-state index in [0.717, 1.165) is 54.2 Å². The Kier molecular flexibility index (Phi) is 4.19. The van der Waals surface area contributed by atoms with Gasteiger partial charge in [0.2, 0.25) is 0 Å². The van der Waals surface area contributed by atoms with Gasteiger partial charge in [-0.1, -0.05) is 18.2 Å². The van der Waals surface area contributed by atoms with Crippen molar-refractivity contribution in [3.8, 4) is 0 Å². The molecule has 3 aromatic rings. The van der Waals surface area contributed by atoms with Crippen molar-refractivity contribution in [2.75, 3.05) is 19.7 Å². The van der Waals surface area contributed by atoms with Crippen molar-refractivity contribution in [1.82, 2.24) is 19.9 Å². The Morgan fingerprint density at radius 2 is 1.96 bits per heavy atom. The molecule has 1 aromatic carbocycles. The van der Waals surface area contributed by atoms with Crippen molar-refractivity contribution in [3.63, 3.8) is 0 Å². The van der Waals surface area contributed by atoms with Crippen molar-refractivity contribution in [3.05, 3.63) is 65.7 Å². The van der Waals surface area contributed by atoms with E-state index in [-0.39, 0.29) is 6.10 Å². The van der Waals surface area contributed by atoms with Crippen LogP contribution in [0.4, 0.5) is 0 Å². The van der Waals surface area contributed by atoms with E-state index >= 15 is 0 Å². The first-order chi connectivity index (χ1) is 11.8. The summed E-state index contributed by atoms with van der Waals surface area (Å²) in [5.41, 5.74) is 5.08. The van der Waals surface area contributed by atoms with Crippen molar-refractivity contribution < 1.29 is 4.74 Å². The third kappa shape index (κ3) is 3.13. The van der Waals surface area contributed by atoms with Gasteiger partial charge in [0.15, 0.2) is 0 Å². The van der Waals surface area contributed by atoms with Crippen molar-refractivity contribution >= 4 is 11.0 Å². The molecule has 1 aliphatic rings. The maximum atomic E-state index is 5.91. The Balaban J connectivity index is 1.53. The molecule has 1 saturated heterocycles. The highest BCUT2D eigenvalue weighted by Gasteiger charge is 2.23. The first-order valence-corrected chi connectivity index (χ1v) is 8.26. The van der Waals surface area contributed by atoms with Crippen LogP contribution >= 0.6 is 0 Å². The lowest BCUT2D eigenvalue weighted by atomic mass is 10.1. The van der Waals surface area contributed by atoms with Crippen LogP contribution in [-0.2, 0) is 11.3 Å². The summed E-state index contributed by atoms with van der Waals surface area (Å²) < 4.78 is 5.91. The maximum Gasteiger partial charge on any atom is 0.0967 e. The summed E-state index contributed by atoms with van der Waals surface area (Å²) in [6, 6.07) is 12.0. The fourth-order valence-electron chi connectivity index (χ4n) is 3.10. The quantitative estimate of drug-likeness (QED) is 0.743. The molecule has 122 valence electrons. The Labute approximate surface area is 141 Å². The lowest BCUT2D eigenvalue weighted by Crippen LogP contribution is -2.38. The van der Waals surface area contributed by atoms with Gasteiger partial charge in [-0.25, -0.2) is 9.97 Å². The fraction of sp³-hybridized carbons (Fsp3) is 0.316. The van der Waals surface area contributed by atoms with Crippen LogP contribution in [0.5, 0.6) is 0 Å². The molecule has 5 heteroatoms. The summed E-state index contributed by atoms with van der Waals surface area (Å²) in [5.74, 6) is 0. The zero-order valence-corrected chi connectivity index (χ0v) is 13.7. The summed E-state index contributed by atoms with van der Waals surface area (Å²) in [6.07, 6.45) is 3.74. The molecular formula is C19H20N4O. The number of fused-ring (bicyclic) bond motifs is 1. The average Bonchev–Trinajstić information content (AvgIpc) is 2.63. The molecule has 0 spiro atoms. The normalized spacial score (nSPS) is 18.8. The minimum absolute atomic E-state index is 0.0705. The standard InChI is InChI=1S/C19H20N4O/c1-14-18(22-17-7-3-2-6-16(17)21-14)12-23-9-10-24-19(13-23)15-5-4-8-20-11-15/h2-8,11,19H,9-10,12-13H2,1H3. The predicted octanol–water partition coefficient (Wildman–Crippen LogP) is 2.91. The number of nitrogens with zero attached hydrogens (tertiary/aromatic N) is 4. The van der Waals surface area contributed by atoms with Crippen molar-refractivity contribution in [1.29, 1.82) is 0 Å². The van der Waals surface area contributed by atoms with E-state index in [1.54, 1.807) is 6.20 Å². The first kappa shape index (κ1) is 15.2. The number of ether oxygens (including phenoxy) is 1. The molecule has 1 fully saturated rings. The number of hydrogen-bond donors (Lipinski definition) is 0. The summed E-state index contributed by atoms with van der Waals surface area (Å²) >= 11 is 0. The lowest BCUT2D eigenvalue weighted by molar-refractivity contribution is -0.0335. The number of aryl methyl sites for hydroxylation is 1. The van der Waals surface area contributed by atoms with Gasteiger partial charge in [-0.2, -0.15) is 0 Å². The number of para-hydroxylation sites is 2. The molecule has 0 bridgehead atoms. The van der Waals surface area contributed by atoms with Gasteiger partial charge in [0.25, 0.3) is 0 Å². The van der Waals surface area contributed by atoms with E-state index in [2.05, 4.69) is 20.9 Å². The van der Waals surface area contributed by atoms with Crippen LogP contribution in [0.25, 0.3) is 11.0 Å². The van der Waals surface area contributed by atoms with Crippen LogP contribution in [0.2, 0.25) is 0 Å². The monoisotopic (exact) mass is 320 g/mol. The fourth-order valence-corrected chi connectivity index (χ4v) is 3.10. The Morgan fingerprint density at radius 3 is 2.75 bits per heavy atom. The third-order valence-electron chi connectivity index (χ3n) is 4.42. The second-order valence-electron chi connectivity index (χ2n) is 6.13. The minimum Gasteiger partial charge on any atom is -0.371 e. The molecule has 4 rings (SSSR count). The van der Waals surface area contributed by atoms with Crippen molar-refractivity contribution in [2.45, 2.75) is 19.6 Å². The smallest absolute Gasteiger partial charge is 0.0967 e. The van der Waals surface area contributed by atoms with E-state index in [4.69, 9.17) is 9.72 Å². The molecule has 2 aromatic heterocycles. The second-order valence-corrected chi connectivity index (χ2v) is 6.13. The van der Waals surface area contributed by atoms with E-state index in [1.165, 1.54) is 0 Å². The molecule has 0 saturated carbocycles. The van der Waals surface area contributed by atoms with Gasteiger partial charge in [0.1, 0.15) is 0 Å². The number of aromatic nitrogens is 3. The first-order valence-electron chi connectivity index (χ1n) is 8.26. The third-order valence-corrected chi connectivity index (χ3v) is 4.42. The summed E-state index contributed by atoms with van der Waals surface area (Å²) in [7, 11) is 0. The van der Waals surface area contributed by atoms with Crippen LogP contribution in [0.3, 0.4) is 0 Å². The van der Waals surface area contributed by atoms with Gasteiger partial charge in [0, 0.05) is 37.6 Å². The number of rotatable bonds is 3. The number of pyridine rings is 1. The van der Waals surface area contributed by atoms with E-state index in [0.29, 0.717) is 0 Å². The number of benzene rings is 1. The molecule has 5 nitrogen and oxygen atoms in total. The van der Waals surface area contributed by atoms with E-state index in [1.807, 2.05) is 43.5 Å². The molecule has 3 heterocycles. The second kappa shape index (κ2) is 6.63. The summed E-state index contributed by atoms with van der Waals surface area (Å²) in [6.45, 7) is 5.31. The lowest BCUT2D eigenvalue weighted by Gasteiger charge is -2.33. The molecule has 24 heavy (non-hydrogen) atoms. The Hall–Kier alpha value is -2.37. The zero-order valence-electron chi connectivity index (χ0n) is 13.7. The van der Waals surface area contributed by atoms with Gasteiger partial charge in [0.05, 0.1) is 35.1 Å². The number of morpholine rings is 1. The largest absolute Gasteiger partial charge is 0.371 e.